The van der Waals surface area contributed by atoms with Crippen molar-refractivity contribution in [1.29, 1.82) is 0 Å². The first kappa shape index (κ1) is 23.7. The first-order chi connectivity index (χ1) is 17.2. The van der Waals surface area contributed by atoms with E-state index in [1.807, 2.05) is 30.3 Å². The molecule has 2 aromatic heterocycles. The number of hydrogen-bond donors (Lipinski definition) is 1. The largest absolute Gasteiger partial charge is 0.401 e. The second-order valence-electron chi connectivity index (χ2n) is 8.74. The molecule has 0 unspecified atom stereocenters. The lowest BCUT2D eigenvalue weighted by Crippen LogP contribution is -2.28. The summed E-state index contributed by atoms with van der Waals surface area (Å²) >= 11 is 0. The lowest BCUT2D eigenvalue weighted by Gasteiger charge is -2.14. The van der Waals surface area contributed by atoms with Crippen molar-refractivity contribution in [3.63, 3.8) is 0 Å². The van der Waals surface area contributed by atoms with Gasteiger partial charge < -0.3 is 9.84 Å². The van der Waals surface area contributed by atoms with Gasteiger partial charge >= 0.3 is 6.18 Å². The number of carbonyl (C=O) groups excluding carboxylic acids is 1. The molecule has 0 bridgehead atoms. The van der Waals surface area contributed by atoms with Crippen molar-refractivity contribution in [3.8, 4) is 11.1 Å². The maximum absolute atomic E-state index is 14.7. The van der Waals surface area contributed by atoms with E-state index >= 15 is 0 Å². The summed E-state index contributed by atoms with van der Waals surface area (Å²) in [6.07, 6.45) is -1.15. The number of anilines is 1. The Morgan fingerprint density at radius 3 is 2.36 bits per heavy atom. The molecule has 2 heterocycles. The summed E-state index contributed by atoms with van der Waals surface area (Å²) in [5.74, 6) is -1.08. The normalized spacial score (nSPS) is 14.4. The van der Waals surface area contributed by atoms with Crippen LogP contribution in [0, 0.1) is 5.82 Å². The molecular formula is C26H20F4N4O2. The molecule has 1 aliphatic rings. The van der Waals surface area contributed by atoms with E-state index in [9.17, 15) is 22.4 Å². The Morgan fingerprint density at radius 1 is 1.00 bits per heavy atom. The van der Waals surface area contributed by atoms with Gasteiger partial charge in [0.15, 0.2) is 11.6 Å². The van der Waals surface area contributed by atoms with Crippen LogP contribution in [0.3, 0.4) is 0 Å². The number of nitrogens with zero attached hydrogens (tertiary/aromatic N) is 3. The van der Waals surface area contributed by atoms with Gasteiger partial charge in [0, 0.05) is 30.4 Å². The van der Waals surface area contributed by atoms with Gasteiger partial charge in [0.05, 0.1) is 6.42 Å². The Morgan fingerprint density at radius 2 is 1.72 bits per heavy atom. The average molecular weight is 496 g/mol. The molecule has 1 fully saturated rings. The molecule has 6 nitrogen and oxygen atoms in total. The van der Waals surface area contributed by atoms with E-state index in [2.05, 4.69) is 20.4 Å². The van der Waals surface area contributed by atoms with Crippen LogP contribution in [0.4, 0.5) is 23.4 Å². The van der Waals surface area contributed by atoms with Gasteiger partial charge in [0.25, 0.3) is 0 Å². The molecule has 4 aromatic rings. The molecule has 5 rings (SSSR count). The molecule has 2 aromatic carbocycles. The summed E-state index contributed by atoms with van der Waals surface area (Å²) in [6.45, 7) is 0. The molecule has 0 atom stereocenters. The first-order valence-electron chi connectivity index (χ1n) is 11.2. The molecule has 0 radical (unpaired) electrons. The Hall–Kier alpha value is -4.08. The van der Waals surface area contributed by atoms with Crippen LogP contribution in [-0.2, 0) is 23.1 Å². The van der Waals surface area contributed by atoms with Crippen LogP contribution >= 0.6 is 0 Å². The van der Waals surface area contributed by atoms with Gasteiger partial charge in [-0.05, 0) is 35.6 Å². The van der Waals surface area contributed by atoms with Crippen molar-refractivity contribution in [1.82, 2.24) is 15.1 Å². The number of alkyl halides is 3. The minimum absolute atomic E-state index is 0.0859. The molecule has 1 amide bonds. The van der Waals surface area contributed by atoms with E-state index in [0.29, 0.717) is 23.4 Å². The Bertz CT molecular complexity index is 1380. The van der Waals surface area contributed by atoms with Crippen LogP contribution in [0.15, 0.2) is 71.5 Å². The second kappa shape index (κ2) is 9.18. The van der Waals surface area contributed by atoms with Crippen molar-refractivity contribution in [2.75, 3.05) is 5.32 Å². The van der Waals surface area contributed by atoms with Crippen molar-refractivity contribution in [2.24, 2.45) is 0 Å². The predicted octanol–water partition coefficient (Wildman–Crippen LogP) is 5.64. The predicted molar refractivity (Wildman–Crippen MR) is 122 cm³/mol. The van der Waals surface area contributed by atoms with Crippen LogP contribution in [0.2, 0.25) is 0 Å². The minimum Gasteiger partial charge on any atom is -0.358 e. The number of nitrogens with one attached hydrogen (secondary N) is 1. The van der Waals surface area contributed by atoms with Crippen LogP contribution < -0.4 is 5.32 Å². The Labute approximate surface area is 203 Å². The van der Waals surface area contributed by atoms with E-state index in [0.717, 1.165) is 11.6 Å². The molecule has 1 saturated carbocycles. The number of carbonyl (C=O) groups is 1. The van der Waals surface area contributed by atoms with Crippen molar-refractivity contribution < 1.29 is 26.9 Å². The van der Waals surface area contributed by atoms with Crippen molar-refractivity contribution >= 4 is 11.7 Å². The molecule has 36 heavy (non-hydrogen) atoms. The molecule has 184 valence electrons. The highest BCUT2D eigenvalue weighted by Gasteiger charge is 2.66. The SMILES string of the molecule is O=C(Cc1ccc(-c2cnc(Cc3ccccc3)nc2)cc1F)Nc1cc(C2(C(F)(F)F)CC2)on1. The Kier molecular flexibility index (Phi) is 6.03. The number of rotatable bonds is 7. The van der Waals surface area contributed by atoms with Gasteiger partial charge in [-0.1, -0.05) is 47.6 Å². The zero-order chi connectivity index (χ0) is 25.3. The highest BCUT2D eigenvalue weighted by molar-refractivity contribution is 5.91. The number of amides is 1. The van der Waals surface area contributed by atoms with E-state index in [-0.39, 0.29) is 36.4 Å². The fourth-order valence-electron chi connectivity index (χ4n) is 3.96. The number of benzene rings is 2. The first-order valence-corrected chi connectivity index (χ1v) is 11.2. The summed E-state index contributed by atoms with van der Waals surface area (Å²) in [4.78, 5) is 21.1. The third-order valence-corrected chi connectivity index (χ3v) is 6.19. The summed E-state index contributed by atoms with van der Waals surface area (Å²) in [6, 6.07) is 15.2. The number of hydrogen-bond acceptors (Lipinski definition) is 5. The smallest absolute Gasteiger partial charge is 0.358 e. The second-order valence-corrected chi connectivity index (χ2v) is 8.74. The van der Waals surface area contributed by atoms with Gasteiger partial charge in [0.1, 0.15) is 17.1 Å². The monoisotopic (exact) mass is 496 g/mol. The molecule has 0 aliphatic heterocycles. The highest BCUT2D eigenvalue weighted by Crippen LogP contribution is 2.59. The third-order valence-electron chi connectivity index (χ3n) is 6.19. The van der Waals surface area contributed by atoms with Crippen molar-refractivity contribution in [3.05, 3.63) is 95.5 Å². The molecule has 1 N–H and O–H groups in total. The standard InChI is InChI=1S/C26H20F4N4O2/c27-20-11-17(19-14-31-22(32-15-19)10-16-4-2-1-3-5-16)6-7-18(20)12-24(35)33-23-13-21(36-34-23)25(8-9-25)26(28,29)30/h1-7,11,13-15H,8-10,12H2,(H,33,34,35). The number of halogens is 4. The van der Waals surface area contributed by atoms with Gasteiger partial charge in [-0.15, -0.1) is 0 Å². The van der Waals surface area contributed by atoms with E-state index < -0.39 is 23.3 Å². The van der Waals surface area contributed by atoms with Gasteiger partial charge in [-0.3, -0.25) is 4.79 Å². The number of aromatic nitrogens is 3. The van der Waals surface area contributed by atoms with E-state index in [1.54, 1.807) is 18.5 Å². The summed E-state index contributed by atoms with van der Waals surface area (Å²) in [7, 11) is 0. The zero-order valence-electron chi connectivity index (χ0n) is 18.8. The zero-order valence-corrected chi connectivity index (χ0v) is 18.8. The van der Waals surface area contributed by atoms with Crippen LogP contribution in [0.5, 0.6) is 0 Å². The van der Waals surface area contributed by atoms with Crippen molar-refractivity contribution in [2.45, 2.75) is 37.3 Å². The van der Waals surface area contributed by atoms with E-state index in [4.69, 9.17) is 4.52 Å². The topological polar surface area (TPSA) is 80.9 Å². The lowest BCUT2D eigenvalue weighted by molar-refractivity contribution is -0.165. The van der Waals surface area contributed by atoms with Gasteiger partial charge in [-0.25, -0.2) is 14.4 Å². The highest BCUT2D eigenvalue weighted by atomic mass is 19.4. The molecule has 0 saturated heterocycles. The fraction of sp³-hybridized carbons (Fsp3) is 0.231. The maximum Gasteiger partial charge on any atom is 0.401 e. The van der Waals surface area contributed by atoms with Crippen LogP contribution in [0.1, 0.15) is 35.6 Å². The van der Waals surface area contributed by atoms with Crippen LogP contribution in [0.25, 0.3) is 11.1 Å². The van der Waals surface area contributed by atoms with Gasteiger partial charge in [-0.2, -0.15) is 13.2 Å². The summed E-state index contributed by atoms with van der Waals surface area (Å²) < 4.78 is 59.2. The molecule has 10 heteroatoms. The quantitative estimate of drug-likeness (QED) is 0.335. The lowest BCUT2D eigenvalue weighted by atomic mass is 10.0. The molecule has 1 aliphatic carbocycles. The molecular weight excluding hydrogens is 476 g/mol. The third kappa shape index (κ3) is 4.84. The van der Waals surface area contributed by atoms with Gasteiger partial charge in [0.2, 0.25) is 5.91 Å². The Balaban J connectivity index is 1.22. The van der Waals surface area contributed by atoms with Crippen LogP contribution in [-0.4, -0.2) is 27.2 Å². The fourth-order valence-corrected chi connectivity index (χ4v) is 3.96. The molecule has 0 spiro atoms. The summed E-state index contributed by atoms with van der Waals surface area (Å²) in [5, 5.41) is 5.88. The van der Waals surface area contributed by atoms with E-state index in [1.165, 1.54) is 12.1 Å². The maximum atomic E-state index is 14.7. The minimum atomic E-state index is -4.45. The summed E-state index contributed by atoms with van der Waals surface area (Å²) in [5.41, 5.74) is 0.333. The average Bonchev–Trinajstić information content (AvgIpc) is 3.55.